The lowest BCUT2D eigenvalue weighted by Crippen LogP contribution is -2.18. The minimum Gasteiger partial charge on any atom is -0.508 e. The zero-order chi connectivity index (χ0) is 47.0. The highest BCUT2D eigenvalue weighted by atomic mass is 16.5. The summed E-state index contributed by atoms with van der Waals surface area (Å²) in [4.78, 5) is 0. The van der Waals surface area contributed by atoms with Crippen LogP contribution in [0.1, 0.15) is 97.3 Å². The van der Waals surface area contributed by atoms with E-state index in [1.807, 2.05) is 12.2 Å². The SMILES string of the molecule is Oc1ccc(/C=C\c2cc(O)cc3c2[C@@H](c2cc(O)cc4c2[C@H](c2cc(O)cc5c2[C@@H](c2cc(O)cc(O)c2)[C@H](c2ccc(O)cc2)O5)[C@@H](c2ccc(O)cc2)O4)[C@H](c2ccc(O)cc2)O3)cc1. The van der Waals surface area contributed by atoms with Gasteiger partial charge < -0.3 is 60.2 Å². The van der Waals surface area contributed by atoms with Gasteiger partial charge in [-0.25, -0.2) is 0 Å². The van der Waals surface area contributed by atoms with Crippen molar-refractivity contribution in [2.45, 2.75) is 36.1 Å². The summed E-state index contributed by atoms with van der Waals surface area (Å²) in [5, 5.41) is 97.7. The monoisotopic (exact) mass is 906 g/mol. The van der Waals surface area contributed by atoms with Crippen molar-refractivity contribution in [1.82, 2.24) is 0 Å². The van der Waals surface area contributed by atoms with Gasteiger partial charge in [0.1, 0.15) is 87.3 Å². The molecule has 0 fully saturated rings. The molecule has 0 radical (unpaired) electrons. The average Bonchev–Trinajstić information content (AvgIpc) is 4.01. The largest absolute Gasteiger partial charge is 0.508 e. The van der Waals surface area contributed by atoms with Crippen LogP contribution in [0.2, 0.25) is 0 Å². The molecule has 0 unspecified atom stereocenters. The predicted molar refractivity (Wildman–Crippen MR) is 251 cm³/mol. The van der Waals surface area contributed by atoms with Crippen LogP contribution in [0.4, 0.5) is 0 Å². The van der Waals surface area contributed by atoms with Crippen LogP contribution in [0.3, 0.4) is 0 Å². The molecule has 3 heterocycles. The molecule has 0 aromatic heterocycles. The van der Waals surface area contributed by atoms with Crippen LogP contribution in [0.15, 0.2) is 152 Å². The predicted octanol–water partition coefficient (Wildman–Crippen LogP) is 11.0. The Morgan fingerprint density at radius 3 is 1.10 bits per heavy atom. The van der Waals surface area contributed by atoms with E-state index in [1.54, 1.807) is 115 Å². The van der Waals surface area contributed by atoms with E-state index in [9.17, 15) is 46.0 Å². The highest BCUT2D eigenvalue weighted by Crippen LogP contribution is 2.63. The van der Waals surface area contributed by atoms with Crippen molar-refractivity contribution in [2.24, 2.45) is 0 Å². The van der Waals surface area contributed by atoms with E-state index in [1.165, 1.54) is 36.4 Å². The van der Waals surface area contributed by atoms with Crippen LogP contribution >= 0.6 is 0 Å². The minimum atomic E-state index is -0.856. The van der Waals surface area contributed by atoms with E-state index >= 15 is 0 Å². The van der Waals surface area contributed by atoms with E-state index in [-0.39, 0.29) is 51.7 Å². The fraction of sp³-hybridized carbons (Fsp3) is 0.107. The Balaban J connectivity index is 1.18. The molecule has 0 aliphatic carbocycles. The number of aromatic hydroxyl groups is 9. The van der Waals surface area contributed by atoms with Crippen LogP contribution in [0.5, 0.6) is 69.0 Å². The van der Waals surface area contributed by atoms with Gasteiger partial charge in [-0.15, -0.1) is 0 Å². The highest BCUT2D eigenvalue weighted by molar-refractivity contribution is 5.76. The Bertz CT molecular complexity index is 3250. The molecule has 9 N–H and O–H groups in total. The van der Waals surface area contributed by atoms with Crippen molar-refractivity contribution < 1.29 is 60.2 Å². The Hall–Kier alpha value is -8.90. The number of hydrogen-bond acceptors (Lipinski definition) is 12. The molecule has 12 heteroatoms. The quantitative estimate of drug-likeness (QED) is 0.0652. The standard InChI is InChI=1S/C56H42O12/c57-34-11-2-28(3-12-34)1-4-32-19-40(63)25-45-48(32)52(55(66-45)30-7-15-36(59)16-8-30)44-24-42(65)27-47-51(44)53(56(68-47)31-9-17-37(60)18-10-31)43-23-41(64)26-46-50(43)49(33-20-38(61)22-39(62)21-33)54(67-46)29-5-13-35(58)14-6-29/h1-27,49,52-65H/b4-1-/t49-,52-,53+,54+,55+,56-/m1/s1. The molecule has 3 aliphatic rings. The summed E-state index contributed by atoms with van der Waals surface area (Å²) in [6, 6.07) is 40.2. The normalized spacial score (nSPS) is 20.0. The van der Waals surface area contributed by atoms with Gasteiger partial charge in [0.2, 0.25) is 0 Å². The van der Waals surface area contributed by atoms with Gasteiger partial charge in [-0.2, -0.15) is 0 Å². The summed E-state index contributed by atoms with van der Waals surface area (Å²) in [7, 11) is 0. The molecular formula is C56H42O12. The number of ether oxygens (including phenoxy) is 3. The van der Waals surface area contributed by atoms with Crippen LogP contribution in [0, 0.1) is 0 Å². The van der Waals surface area contributed by atoms with Gasteiger partial charge in [-0.3, -0.25) is 0 Å². The fourth-order valence-electron chi connectivity index (χ4n) is 10.2. The van der Waals surface area contributed by atoms with Crippen molar-refractivity contribution in [2.75, 3.05) is 0 Å². The Morgan fingerprint density at radius 1 is 0.294 bits per heavy atom. The lowest BCUT2D eigenvalue weighted by molar-refractivity contribution is 0.219. The van der Waals surface area contributed by atoms with Gasteiger partial charge in [-0.05, 0) is 123 Å². The van der Waals surface area contributed by atoms with Crippen molar-refractivity contribution in [3.63, 3.8) is 0 Å². The third kappa shape index (κ3) is 7.37. The smallest absolute Gasteiger partial charge is 0.135 e. The zero-order valence-corrected chi connectivity index (χ0v) is 35.8. The second kappa shape index (κ2) is 16.2. The first-order valence-electron chi connectivity index (χ1n) is 21.8. The van der Waals surface area contributed by atoms with Gasteiger partial charge in [0.25, 0.3) is 0 Å². The summed E-state index contributed by atoms with van der Waals surface area (Å²) >= 11 is 0. The number of rotatable bonds is 8. The maximum absolute atomic E-state index is 11.8. The summed E-state index contributed by atoms with van der Waals surface area (Å²) in [6.07, 6.45) is 1.25. The Kier molecular flexibility index (Phi) is 9.96. The molecule has 6 atom stereocenters. The molecule has 3 aliphatic heterocycles. The molecule has 8 aromatic carbocycles. The van der Waals surface area contributed by atoms with Crippen molar-refractivity contribution in [1.29, 1.82) is 0 Å². The molecule has 0 bridgehead atoms. The maximum atomic E-state index is 11.8. The van der Waals surface area contributed by atoms with Gasteiger partial charge in [0, 0.05) is 41.0 Å². The summed E-state index contributed by atoms with van der Waals surface area (Å²) in [5.41, 5.74) is 6.86. The first-order chi connectivity index (χ1) is 32.8. The molecule has 8 aromatic rings. The Morgan fingerprint density at radius 2 is 0.647 bits per heavy atom. The average molecular weight is 907 g/mol. The van der Waals surface area contributed by atoms with Gasteiger partial charge in [0.05, 0.1) is 17.8 Å². The molecular weight excluding hydrogens is 865 g/mol. The maximum Gasteiger partial charge on any atom is 0.135 e. The molecule has 12 nitrogen and oxygen atoms in total. The van der Waals surface area contributed by atoms with Gasteiger partial charge in [-0.1, -0.05) is 60.7 Å². The topological polar surface area (TPSA) is 210 Å². The number of phenols is 9. The van der Waals surface area contributed by atoms with E-state index in [2.05, 4.69) is 0 Å². The van der Waals surface area contributed by atoms with Crippen molar-refractivity contribution in [3.8, 4) is 69.0 Å². The third-order valence-corrected chi connectivity index (χ3v) is 13.0. The second-order valence-electron chi connectivity index (χ2n) is 17.4. The third-order valence-electron chi connectivity index (χ3n) is 13.0. The van der Waals surface area contributed by atoms with Crippen LogP contribution in [-0.2, 0) is 0 Å². The van der Waals surface area contributed by atoms with Gasteiger partial charge in [0.15, 0.2) is 0 Å². The van der Waals surface area contributed by atoms with E-state index in [4.69, 9.17) is 14.2 Å². The molecule has 0 saturated heterocycles. The van der Waals surface area contributed by atoms with E-state index < -0.39 is 36.1 Å². The van der Waals surface area contributed by atoms with Crippen LogP contribution in [0.25, 0.3) is 12.2 Å². The van der Waals surface area contributed by atoms with Crippen LogP contribution < -0.4 is 14.2 Å². The van der Waals surface area contributed by atoms with Crippen molar-refractivity contribution in [3.05, 3.63) is 213 Å². The molecule has 11 rings (SSSR count). The number of hydrogen-bond donors (Lipinski definition) is 9. The molecule has 0 saturated carbocycles. The highest BCUT2D eigenvalue weighted by Gasteiger charge is 2.49. The molecule has 68 heavy (non-hydrogen) atoms. The van der Waals surface area contributed by atoms with E-state index in [0.717, 1.165) is 5.56 Å². The summed E-state index contributed by atoms with van der Waals surface area (Å²) in [5.74, 6) is -1.73. The first kappa shape index (κ1) is 41.8. The minimum absolute atomic E-state index is 0.0267. The second-order valence-corrected chi connectivity index (χ2v) is 17.4. The molecule has 0 amide bonds. The zero-order valence-electron chi connectivity index (χ0n) is 35.8. The lowest BCUT2D eigenvalue weighted by Gasteiger charge is -2.28. The van der Waals surface area contributed by atoms with E-state index in [0.29, 0.717) is 72.9 Å². The fourth-order valence-corrected chi connectivity index (χ4v) is 10.2. The lowest BCUT2D eigenvalue weighted by atomic mass is 9.73. The molecule has 0 spiro atoms. The Labute approximate surface area is 389 Å². The molecule has 338 valence electrons. The number of fused-ring (bicyclic) bond motifs is 3. The summed E-state index contributed by atoms with van der Waals surface area (Å²) in [6.45, 7) is 0. The summed E-state index contributed by atoms with van der Waals surface area (Å²) < 4.78 is 20.6. The number of phenolic OH excluding ortho intramolecular Hbond substituents is 9. The van der Waals surface area contributed by atoms with Crippen LogP contribution in [-0.4, -0.2) is 46.0 Å². The first-order valence-corrected chi connectivity index (χ1v) is 21.8. The van der Waals surface area contributed by atoms with Gasteiger partial charge >= 0.3 is 0 Å². The van der Waals surface area contributed by atoms with Crippen molar-refractivity contribution >= 4 is 12.2 Å². The number of benzene rings is 8.